The Bertz CT molecular complexity index is 749. The molecule has 2 unspecified atom stereocenters. The monoisotopic (exact) mass is 344 g/mol. The lowest BCUT2D eigenvalue weighted by Crippen LogP contribution is -2.36. The highest BCUT2D eigenvalue weighted by molar-refractivity contribution is 7.15. The van der Waals surface area contributed by atoms with Gasteiger partial charge in [0.1, 0.15) is 12.1 Å². The van der Waals surface area contributed by atoms with Crippen molar-refractivity contribution >= 4 is 28.3 Å². The number of aromatic nitrogens is 3. The number of urea groups is 1. The fourth-order valence-electron chi connectivity index (χ4n) is 3.54. The predicted molar refractivity (Wildman–Crippen MR) is 93.4 cm³/mol. The van der Waals surface area contributed by atoms with Gasteiger partial charge in [-0.1, -0.05) is 0 Å². The number of nitrogens with zero attached hydrogens (tertiary/aromatic N) is 5. The fraction of sp³-hybridized carbons (Fsp3) is 0.500. The second-order valence-corrected chi connectivity index (χ2v) is 7.79. The molecule has 8 heteroatoms. The van der Waals surface area contributed by atoms with E-state index in [9.17, 15) is 4.79 Å². The topological polar surface area (TPSA) is 74.2 Å². The van der Waals surface area contributed by atoms with Crippen LogP contribution in [-0.4, -0.2) is 52.1 Å². The molecule has 0 saturated carbocycles. The lowest BCUT2D eigenvalue weighted by Gasteiger charge is -2.22. The van der Waals surface area contributed by atoms with Crippen molar-refractivity contribution in [1.29, 1.82) is 0 Å². The minimum Gasteiger partial charge on any atom is -0.356 e. The first-order valence-corrected chi connectivity index (χ1v) is 8.92. The Morgan fingerprint density at radius 3 is 2.54 bits per heavy atom. The smallest absolute Gasteiger partial charge is 0.323 e. The van der Waals surface area contributed by atoms with E-state index in [1.165, 1.54) is 11.3 Å². The Morgan fingerprint density at radius 2 is 1.92 bits per heavy atom. The molecule has 0 aromatic carbocycles. The molecule has 4 rings (SSSR count). The lowest BCUT2D eigenvalue weighted by molar-refractivity contribution is 0.219. The van der Waals surface area contributed by atoms with E-state index in [2.05, 4.69) is 25.2 Å². The molecular weight excluding hydrogens is 324 g/mol. The molecule has 2 fully saturated rings. The van der Waals surface area contributed by atoms with Crippen LogP contribution in [0.5, 0.6) is 0 Å². The first-order valence-electron chi connectivity index (χ1n) is 8.10. The zero-order valence-corrected chi connectivity index (χ0v) is 14.6. The van der Waals surface area contributed by atoms with Gasteiger partial charge in [-0.05, 0) is 13.8 Å². The Hall–Kier alpha value is -2.22. The van der Waals surface area contributed by atoms with Gasteiger partial charge < -0.3 is 9.80 Å². The van der Waals surface area contributed by atoms with Gasteiger partial charge in [0.25, 0.3) is 0 Å². The highest BCUT2D eigenvalue weighted by Gasteiger charge is 2.42. The molecule has 2 aliphatic rings. The number of likely N-dealkylation sites (tertiary alicyclic amines) is 1. The molecule has 2 saturated heterocycles. The van der Waals surface area contributed by atoms with Gasteiger partial charge in [-0.15, -0.1) is 11.3 Å². The Balaban J connectivity index is 1.36. The molecular formula is C16H20N6OS. The molecule has 2 atom stereocenters. The second-order valence-electron chi connectivity index (χ2n) is 6.55. The summed E-state index contributed by atoms with van der Waals surface area (Å²) in [5.74, 6) is 2.00. The van der Waals surface area contributed by atoms with E-state index in [0.717, 1.165) is 42.6 Å². The summed E-state index contributed by atoms with van der Waals surface area (Å²) in [6, 6.07) is 1.99. The minimum atomic E-state index is -0.0387. The van der Waals surface area contributed by atoms with Crippen molar-refractivity contribution < 1.29 is 4.79 Å². The van der Waals surface area contributed by atoms with Crippen molar-refractivity contribution in [2.45, 2.75) is 13.8 Å². The molecule has 126 valence electrons. The summed E-state index contributed by atoms with van der Waals surface area (Å²) in [5.41, 5.74) is 0.983. The van der Waals surface area contributed by atoms with Crippen LogP contribution in [0.4, 0.5) is 15.7 Å². The van der Waals surface area contributed by atoms with Gasteiger partial charge >= 0.3 is 6.03 Å². The maximum atomic E-state index is 12.4. The van der Waals surface area contributed by atoms with Crippen LogP contribution in [0.2, 0.25) is 0 Å². The first kappa shape index (κ1) is 15.3. The second kappa shape index (κ2) is 6.01. The number of amides is 2. The van der Waals surface area contributed by atoms with Crippen LogP contribution in [0, 0.1) is 25.7 Å². The molecule has 2 aromatic heterocycles. The zero-order chi connectivity index (χ0) is 16.7. The number of carbonyl (C=O) groups excluding carboxylic acids is 1. The van der Waals surface area contributed by atoms with E-state index in [0.29, 0.717) is 17.0 Å². The summed E-state index contributed by atoms with van der Waals surface area (Å²) in [6.07, 6.45) is 3.40. The number of aryl methyl sites for hydroxylation is 2. The molecule has 7 nitrogen and oxygen atoms in total. The van der Waals surface area contributed by atoms with Crippen LogP contribution >= 0.6 is 11.3 Å². The Morgan fingerprint density at radius 1 is 1.17 bits per heavy atom. The van der Waals surface area contributed by atoms with Crippen molar-refractivity contribution in [3.05, 3.63) is 29.2 Å². The summed E-state index contributed by atoms with van der Waals surface area (Å²) in [7, 11) is 0. The molecule has 0 radical (unpaired) electrons. The molecule has 2 aromatic rings. The SMILES string of the molecule is Cc1cc(N2CC3CN(C(=O)Nc4ncc(C)s4)CC3C2)ncn1. The normalized spacial score (nSPS) is 22.8. The van der Waals surface area contributed by atoms with Crippen molar-refractivity contribution in [1.82, 2.24) is 19.9 Å². The van der Waals surface area contributed by atoms with Crippen molar-refractivity contribution in [3.8, 4) is 0 Å². The van der Waals surface area contributed by atoms with E-state index in [1.807, 2.05) is 24.8 Å². The third-order valence-corrected chi connectivity index (χ3v) is 5.55. The van der Waals surface area contributed by atoms with Crippen LogP contribution in [0.15, 0.2) is 18.6 Å². The average Bonchev–Trinajstić information content (AvgIpc) is 3.21. The van der Waals surface area contributed by atoms with Crippen LogP contribution in [0.25, 0.3) is 0 Å². The van der Waals surface area contributed by atoms with Crippen molar-refractivity contribution in [2.75, 3.05) is 36.4 Å². The third kappa shape index (κ3) is 2.93. The summed E-state index contributed by atoms with van der Waals surface area (Å²) in [4.78, 5) is 30.4. The number of fused-ring (bicyclic) bond motifs is 1. The number of hydrogen-bond acceptors (Lipinski definition) is 6. The molecule has 2 aliphatic heterocycles. The van der Waals surface area contributed by atoms with E-state index >= 15 is 0 Å². The lowest BCUT2D eigenvalue weighted by atomic mass is 10.0. The Kier molecular flexibility index (Phi) is 3.84. The van der Waals surface area contributed by atoms with Crippen LogP contribution < -0.4 is 10.2 Å². The van der Waals surface area contributed by atoms with E-state index in [4.69, 9.17) is 0 Å². The van der Waals surface area contributed by atoms with Gasteiger partial charge in [0.15, 0.2) is 5.13 Å². The van der Waals surface area contributed by atoms with Crippen LogP contribution in [0.3, 0.4) is 0 Å². The standard InChI is InChI=1S/C16H20N6OS/c1-10-3-14(19-9-18-10)21-5-12-7-22(8-13(12)6-21)16(23)20-15-17-4-11(2)24-15/h3-4,9,12-13H,5-8H2,1-2H3,(H,17,20,23). The summed E-state index contributed by atoms with van der Waals surface area (Å²) in [6.45, 7) is 7.44. The average molecular weight is 344 g/mol. The van der Waals surface area contributed by atoms with Gasteiger partial charge in [0, 0.05) is 60.8 Å². The van der Waals surface area contributed by atoms with Gasteiger partial charge in [-0.25, -0.2) is 19.7 Å². The van der Waals surface area contributed by atoms with Gasteiger partial charge in [0.2, 0.25) is 0 Å². The third-order valence-electron chi connectivity index (χ3n) is 4.72. The minimum absolute atomic E-state index is 0.0387. The fourth-order valence-corrected chi connectivity index (χ4v) is 4.20. The predicted octanol–water partition coefficient (Wildman–Crippen LogP) is 2.15. The van der Waals surface area contributed by atoms with Gasteiger partial charge in [-0.3, -0.25) is 5.32 Å². The number of anilines is 2. The molecule has 0 spiro atoms. The first-order chi connectivity index (χ1) is 11.6. The van der Waals surface area contributed by atoms with Crippen LogP contribution in [0.1, 0.15) is 10.6 Å². The number of thiazole rings is 1. The maximum absolute atomic E-state index is 12.4. The highest BCUT2D eigenvalue weighted by atomic mass is 32.1. The molecule has 1 N–H and O–H groups in total. The molecule has 0 aliphatic carbocycles. The quantitative estimate of drug-likeness (QED) is 0.903. The molecule has 4 heterocycles. The number of hydrogen-bond donors (Lipinski definition) is 1. The maximum Gasteiger partial charge on any atom is 0.323 e. The van der Waals surface area contributed by atoms with E-state index in [1.54, 1.807) is 12.5 Å². The van der Waals surface area contributed by atoms with Crippen molar-refractivity contribution in [3.63, 3.8) is 0 Å². The Labute approximate surface area is 144 Å². The van der Waals surface area contributed by atoms with E-state index in [-0.39, 0.29) is 6.03 Å². The highest BCUT2D eigenvalue weighted by Crippen LogP contribution is 2.33. The van der Waals surface area contributed by atoms with Crippen LogP contribution in [-0.2, 0) is 0 Å². The number of nitrogens with one attached hydrogen (secondary N) is 1. The molecule has 24 heavy (non-hydrogen) atoms. The van der Waals surface area contributed by atoms with Crippen molar-refractivity contribution in [2.24, 2.45) is 11.8 Å². The summed E-state index contributed by atoms with van der Waals surface area (Å²) in [5, 5.41) is 3.58. The largest absolute Gasteiger partial charge is 0.356 e. The summed E-state index contributed by atoms with van der Waals surface area (Å²) >= 11 is 1.50. The number of carbonyl (C=O) groups is 1. The molecule has 2 amide bonds. The van der Waals surface area contributed by atoms with Gasteiger partial charge in [-0.2, -0.15) is 0 Å². The molecule has 0 bridgehead atoms. The number of rotatable bonds is 2. The summed E-state index contributed by atoms with van der Waals surface area (Å²) < 4.78 is 0. The van der Waals surface area contributed by atoms with E-state index < -0.39 is 0 Å². The van der Waals surface area contributed by atoms with Gasteiger partial charge in [0.05, 0.1) is 0 Å². The zero-order valence-electron chi connectivity index (χ0n) is 13.8.